The summed E-state index contributed by atoms with van der Waals surface area (Å²) in [7, 11) is 0. The van der Waals surface area contributed by atoms with Crippen LogP contribution in [0.2, 0.25) is 0 Å². The van der Waals surface area contributed by atoms with Crippen molar-refractivity contribution in [3.63, 3.8) is 0 Å². The minimum atomic E-state index is 0.247. The van der Waals surface area contributed by atoms with Crippen molar-refractivity contribution in [2.45, 2.75) is 42.9 Å². The molecular weight excluding hydrogens is 318 g/mol. The maximum Gasteiger partial charge on any atom is 0.232 e. The van der Waals surface area contributed by atoms with E-state index in [4.69, 9.17) is 0 Å². The van der Waals surface area contributed by atoms with Crippen LogP contribution in [-0.2, 0) is 17.6 Å². The number of thioether (sulfide) groups is 1. The van der Waals surface area contributed by atoms with E-state index < -0.39 is 0 Å². The van der Waals surface area contributed by atoms with Gasteiger partial charge in [-0.15, -0.1) is 11.8 Å². The SMILES string of the molecule is O=C(CSc1ccc2c(c1)CCC2)N1CCC[C@H](c2ncc[nH]2)C1. The maximum absolute atomic E-state index is 12.6. The number of hydrogen-bond acceptors (Lipinski definition) is 3. The van der Waals surface area contributed by atoms with Crippen molar-refractivity contribution in [1.29, 1.82) is 0 Å². The molecule has 0 bridgehead atoms. The summed E-state index contributed by atoms with van der Waals surface area (Å²) in [5.41, 5.74) is 2.96. The summed E-state index contributed by atoms with van der Waals surface area (Å²) in [5, 5.41) is 0. The minimum Gasteiger partial charge on any atom is -0.348 e. The Balaban J connectivity index is 1.34. The highest BCUT2D eigenvalue weighted by Crippen LogP contribution is 2.29. The van der Waals surface area contributed by atoms with Crippen LogP contribution in [0.1, 0.15) is 42.1 Å². The number of H-pyrrole nitrogens is 1. The predicted octanol–water partition coefficient (Wildman–Crippen LogP) is 3.40. The number of piperidine rings is 1. The number of aryl methyl sites for hydroxylation is 2. The van der Waals surface area contributed by atoms with Crippen molar-refractivity contribution in [2.75, 3.05) is 18.8 Å². The van der Waals surface area contributed by atoms with Gasteiger partial charge >= 0.3 is 0 Å². The van der Waals surface area contributed by atoms with Gasteiger partial charge in [-0.1, -0.05) is 6.07 Å². The van der Waals surface area contributed by atoms with Crippen LogP contribution in [0.4, 0.5) is 0 Å². The normalized spacial score (nSPS) is 20.2. The first kappa shape index (κ1) is 15.8. The first-order valence-corrected chi connectivity index (χ1v) is 9.80. The van der Waals surface area contributed by atoms with Crippen LogP contribution in [0.25, 0.3) is 0 Å². The number of nitrogens with one attached hydrogen (secondary N) is 1. The quantitative estimate of drug-likeness (QED) is 0.867. The number of aromatic nitrogens is 2. The molecule has 4 rings (SSSR count). The predicted molar refractivity (Wildman–Crippen MR) is 96.3 cm³/mol. The topological polar surface area (TPSA) is 49.0 Å². The van der Waals surface area contributed by atoms with Gasteiger partial charge in [-0.25, -0.2) is 4.98 Å². The Morgan fingerprint density at radius 1 is 1.29 bits per heavy atom. The summed E-state index contributed by atoms with van der Waals surface area (Å²) < 4.78 is 0. The molecule has 1 aliphatic heterocycles. The van der Waals surface area contributed by atoms with E-state index in [-0.39, 0.29) is 5.91 Å². The summed E-state index contributed by atoms with van der Waals surface area (Å²) in [6, 6.07) is 6.69. The highest BCUT2D eigenvalue weighted by molar-refractivity contribution is 8.00. The van der Waals surface area contributed by atoms with Gasteiger partial charge in [0.05, 0.1) is 5.75 Å². The molecule has 5 heteroatoms. The highest BCUT2D eigenvalue weighted by Gasteiger charge is 2.26. The lowest BCUT2D eigenvalue weighted by atomic mass is 9.97. The Morgan fingerprint density at radius 2 is 2.21 bits per heavy atom. The van der Waals surface area contributed by atoms with Crippen molar-refractivity contribution < 1.29 is 4.79 Å². The Kier molecular flexibility index (Phi) is 4.60. The number of amides is 1. The number of benzene rings is 1. The van der Waals surface area contributed by atoms with Crippen molar-refractivity contribution in [3.05, 3.63) is 47.5 Å². The van der Waals surface area contributed by atoms with Gasteiger partial charge in [0.25, 0.3) is 0 Å². The molecule has 1 atom stereocenters. The van der Waals surface area contributed by atoms with Crippen LogP contribution in [0.5, 0.6) is 0 Å². The average molecular weight is 341 g/mol. The minimum absolute atomic E-state index is 0.247. The molecular formula is C19H23N3OS. The van der Waals surface area contributed by atoms with Gasteiger partial charge in [0, 0.05) is 36.3 Å². The lowest BCUT2D eigenvalue weighted by molar-refractivity contribution is -0.129. The molecule has 1 saturated heterocycles. The number of imidazole rings is 1. The number of fused-ring (bicyclic) bond motifs is 1. The summed E-state index contributed by atoms with van der Waals surface area (Å²) in [6.45, 7) is 1.66. The molecule has 1 N–H and O–H groups in total. The first-order chi connectivity index (χ1) is 11.8. The van der Waals surface area contributed by atoms with Crippen LogP contribution in [0, 0.1) is 0 Å². The van der Waals surface area contributed by atoms with Gasteiger partial charge in [-0.3, -0.25) is 4.79 Å². The number of hydrogen-bond donors (Lipinski definition) is 1. The average Bonchev–Trinajstić information content (AvgIpc) is 3.30. The van der Waals surface area contributed by atoms with Crippen LogP contribution >= 0.6 is 11.8 Å². The third kappa shape index (κ3) is 3.36. The van der Waals surface area contributed by atoms with E-state index in [0.717, 1.165) is 31.8 Å². The van der Waals surface area contributed by atoms with Gasteiger partial charge in [-0.2, -0.15) is 0 Å². The number of rotatable bonds is 4. The molecule has 2 aliphatic rings. The molecule has 1 aliphatic carbocycles. The van der Waals surface area contributed by atoms with Crippen molar-refractivity contribution in [3.8, 4) is 0 Å². The number of likely N-dealkylation sites (tertiary alicyclic amines) is 1. The second-order valence-electron chi connectivity index (χ2n) is 6.73. The van der Waals surface area contributed by atoms with Crippen molar-refractivity contribution >= 4 is 17.7 Å². The van der Waals surface area contributed by atoms with E-state index in [1.54, 1.807) is 18.0 Å². The molecule has 126 valence electrons. The molecule has 24 heavy (non-hydrogen) atoms. The van der Waals surface area contributed by atoms with Gasteiger partial charge in [-0.05, 0) is 55.4 Å². The monoisotopic (exact) mass is 341 g/mol. The van der Waals surface area contributed by atoms with E-state index in [9.17, 15) is 4.79 Å². The van der Waals surface area contributed by atoms with E-state index in [1.807, 2.05) is 11.1 Å². The summed E-state index contributed by atoms with van der Waals surface area (Å²) in [6.07, 6.45) is 9.48. The van der Waals surface area contributed by atoms with Crippen LogP contribution in [0.3, 0.4) is 0 Å². The lowest BCUT2D eigenvalue weighted by Gasteiger charge is -2.31. The molecule has 0 saturated carbocycles. The Morgan fingerprint density at radius 3 is 3.08 bits per heavy atom. The molecule has 2 aromatic rings. The zero-order valence-electron chi connectivity index (χ0n) is 13.8. The summed E-state index contributed by atoms with van der Waals surface area (Å²) in [5.74, 6) is 2.14. The lowest BCUT2D eigenvalue weighted by Crippen LogP contribution is -2.40. The second kappa shape index (κ2) is 7.01. The molecule has 2 heterocycles. The zero-order valence-corrected chi connectivity index (χ0v) is 14.6. The third-order valence-corrected chi connectivity index (χ3v) is 6.09. The van der Waals surface area contributed by atoms with Gasteiger partial charge in [0.15, 0.2) is 0 Å². The molecule has 0 spiro atoms. The van der Waals surface area contributed by atoms with Crippen molar-refractivity contribution in [2.24, 2.45) is 0 Å². The Labute approximate surface area is 147 Å². The standard InChI is InChI=1S/C19H23N3OS/c23-18(13-24-17-7-6-14-3-1-4-15(14)11-17)22-10-2-5-16(12-22)19-20-8-9-21-19/h6-9,11,16H,1-5,10,12-13H2,(H,20,21)/t16-/m0/s1. The van der Waals surface area contributed by atoms with E-state index in [1.165, 1.54) is 35.3 Å². The third-order valence-electron chi connectivity index (χ3n) is 5.11. The molecule has 0 unspecified atom stereocenters. The summed E-state index contributed by atoms with van der Waals surface area (Å²) >= 11 is 1.67. The van der Waals surface area contributed by atoms with Gasteiger partial charge in [0.2, 0.25) is 5.91 Å². The number of nitrogens with zero attached hydrogens (tertiary/aromatic N) is 2. The van der Waals surface area contributed by atoms with Crippen LogP contribution in [-0.4, -0.2) is 39.6 Å². The van der Waals surface area contributed by atoms with Crippen LogP contribution < -0.4 is 0 Å². The molecule has 4 nitrogen and oxygen atoms in total. The van der Waals surface area contributed by atoms with Crippen molar-refractivity contribution in [1.82, 2.24) is 14.9 Å². The smallest absolute Gasteiger partial charge is 0.232 e. The first-order valence-electron chi connectivity index (χ1n) is 8.81. The Bertz CT molecular complexity index is 713. The molecule has 1 amide bonds. The number of aromatic amines is 1. The maximum atomic E-state index is 12.6. The van der Waals surface area contributed by atoms with E-state index >= 15 is 0 Å². The van der Waals surface area contributed by atoms with Crippen LogP contribution in [0.15, 0.2) is 35.5 Å². The molecule has 1 aromatic heterocycles. The highest BCUT2D eigenvalue weighted by atomic mass is 32.2. The largest absolute Gasteiger partial charge is 0.348 e. The number of carbonyl (C=O) groups is 1. The fraction of sp³-hybridized carbons (Fsp3) is 0.474. The van der Waals surface area contributed by atoms with E-state index in [2.05, 4.69) is 28.2 Å². The van der Waals surface area contributed by atoms with Gasteiger partial charge < -0.3 is 9.88 Å². The Hall–Kier alpha value is -1.75. The second-order valence-corrected chi connectivity index (χ2v) is 7.77. The number of carbonyl (C=O) groups excluding carboxylic acids is 1. The fourth-order valence-corrected chi connectivity index (χ4v) is 4.66. The molecule has 1 aromatic carbocycles. The summed E-state index contributed by atoms with van der Waals surface area (Å²) in [4.78, 5) is 23.4. The van der Waals surface area contributed by atoms with Gasteiger partial charge in [0.1, 0.15) is 5.82 Å². The fourth-order valence-electron chi connectivity index (χ4n) is 3.80. The zero-order chi connectivity index (χ0) is 16.4. The molecule has 1 fully saturated rings. The molecule has 0 radical (unpaired) electrons. The van der Waals surface area contributed by atoms with E-state index in [0.29, 0.717) is 11.7 Å².